The van der Waals surface area contributed by atoms with E-state index in [9.17, 15) is 0 Å². The molecule has 2 nitrogen and oxygen atoms in total. The van der Waals surface area contributed by atoms with Crippen LogP contribution in [0.15, 0.2) is 91.0 Å². The first kappa shape index (κ1) is 14.9. The summed E-state index contributed by atoms with van der Waals surface area (Å²) >= 11 is 0. The monoisotopic (exact) mass is 327 g/mol. The number of benzene rings is 3. The van der Waals surface area contributed by atoms with E-state index in [4.69, 9.17) is 4.84 Å². The minimum absolute atomic E-state index is 0.182. The average Bonchev–Trinajstić information content (AvgIpc) is 3.29. The third kappa shape index (κ3) is 2.25. The molecule has 3 unspecified atom stereocenters. The van der Waals surface area contributed by atoms with Crippen molar-refractivity contribution in [1.29, 1.82) is 0 Å². The van der Waals surface area contributed by atoms with Gasteiger partial charge in [-0.15, -0.1) is 0 Å². The van der Waals surface area contributed by atoms with Crippen molar-refractivity contribution in [2.75, 3.05) is 6.54 Å². The van der Waals surface area contributed by atoms with E-state index >= 15 is 0 Å². The van der Waals surface area contributed by atoms with E-state index in [1.165, 1.54) is 16.7 Å². The number of hydroxylamine groups is 2. The molecule has 0 saturated carbocycles. The van der Waals surface area contributed by atoms with Crippen molar-refractivity contribution in [2.24, 2.45) is 0 Å². The van der Waals surface area contributed by atoms with Crippen molar-refractivity contribution in [3.8, 4) is 0 Å². The van der Waals surface area contributed by atoms with Gasteiger partial charge < -0.3 is 0 Å². The molecule has 0 spiro atoms. The first-order valence-corrected chi connectivity index (χ1v) is 8.98. The lowest BCUT2D eigenvalue weighted by Crippen LogP contribution is -2.44. The lowest BCUT2D eigenvalue weighted by atomic mass is 9.73. The summed E-state index contributed by atoms with van der Waals surface area (Å²) in [6.45, 7) is 0.929. The Morgan fingerprint density at radius 2 is 1.24 bits per heavy atom. The minimum atomic E-state index is -0.182. The molecule has 2 aliphatic rings. The van der Waals surface area contributed by atoms with E-state index in [0.717, 1.165) is 13.0 Å². The van der Waals surface area contributed by atoms with Gasteiger partial charge in [-0.3, -0.25) is 4.84 Å². The van der Waals surface area contributed by atoms with Crippen molar-refractivity contribution in [3.63, 3.8) is 0 Å². The van der Waals surface area contributed by atoms with Gasteiger partial charge in [0.05, 0.1) is 11.6 Å². The fourth-order valence-corrected chi connectivity index (χ4v) is 4.53. The lowest BCUT2D eigenvalue weighted by Gasteiger charge is -2.40. The van der Waals surface area contributed by atoms with Gasteiger partial charge in [-0.1, -0.05) is 91.0 Å². The lowest BCUT2D eigenvalue weighted by molar-refractivity contribution is -0.135. The number of rotatable bonds is 3. The van der Waals surface area contributed by atoms with E-state index < -0.39 is 0 Å². The molecule has 2 aliphatic heterocycles. The van der Waals surface area contributed by atoms with Crippen LogP contribution in [0.25, 0.3) is 0 Å². The molecular formula is C23H21NO. The van der Waals surface area contributed by atoms with Crippen LogP contribution < -0.4 is 0 Å². The molecule has 0 N–H and O–H groups in total. The fraction of sp³-hybridized carbons (Fsp3) is 0.217. The Kier molecular flexibility index (Phi) is 3.47. The summed E-state index contributed by atoms with van der Waals surface area (Å²) in [5, 5.41) is 2.24. The van der Waals surface area contributed by atoms with Crippen molar-refractivity contribution >= 4 is 0 Å². The van der Waals surface area contributed by atoms with Gasteiger partial charge in [-0.2, -0.15) is 5.06 Å². The topological polar surface area (TPSA) is 12.5 Å². The molecule has 3 atom stereocenters. The number of hydrogen-bond donors (Lipinski definition) is 0. The van der Waals surface area contributed by atoms with Crippen LogP contribution in [0.3, 0.4) is 0 Å². The van der Waals surface area contributed by atoms with Crippen LogP contribution in [0.1, 0.15) is 29.0 Å². The quantitative estimate of drug-likeness (QED) is 0.689. The van der Waals surface area contributed by atoms with E-state index in [2.05, 4.69) is 96.1 Å². The van der Waals surface area contributed by atoms with Gasteiger partial charge in [0.2, 0.25) is 0 Å². The molecule has 2 saturated heterocycles. The zero-order valence-electron chi connectivity index (χ0n) is 14.1. The molecule has 2 heterocycles. The van der Waals surface area contributed by atoms with Crippen LogP contribution in [0.4, 0.5) is 0 Å². The highest BCUT2D eigenvalue weighted by molar-refractivity contribution is 5.41. The highest BCUT2D eigenvalue weighted by Gasteiger charge is 2.57. The maximum absolute atomic E-state index is 6.40. The molecule has 0 aliphatic carbocycles. The summed E-state index contributed by atoms with van der Waals surface area (Å²) in [6.07, 6.45) is 1.21. The smallest absolute Gasteiger partial charge is 0.0986 e. The van der Waals surface area contributed by atoms with Gasteiger partial charge >= 0.3 is 0 Å². The average molecular weight is 327 g/mol. The van der Waals surface area contributed by atoms with Crippen LogP contribution >= 0.6 is 0 Å². The zero-order valence-corrected chi connectivity index (χ0v) is 14.1. The highest BCUT2D eigenvalue weighted by Crippen LogP contribution is 2.53. The maximum Gasteiger partial charge on any atom is 0.0986 e. The third-order valence-electron chi connectivity index (χ3n) is 5.73. The molecule has 2 fully saturated rings. The Morgan fingerprint density at radius 1 is 0.720 bits per heavy atom. The number of nitrogens with zero attached hydrogens (tertiary/aromatic N) is 1. The molecule has 0 aromatic heterocycles. The summed E-state index contributed by atoms with van der Waals surface area (Å²) in [7, 11) is 0. The summed E-state index contributed by atoms with van der Waals surface area (Å²) in [6, 6.07) is 32.4. The zero-order chi connectivity index (χ0) is 16.7. The minimum Gasteiger partial charge on any atom is -0.294 e. The van der Waals surface area contributed by atoms with Crippen molar-refractivity contribution in [1.82, 2.24) is 5.06 Å². The Morgan fingerprint density at radius 3 is 1.72 bits per heavy atom. The van der Waals surface area contributed by atoms with Gasteiger partial charge in [0.25, 0.3) is 0 Å². The standard InChI is InChI=1S/C23H21NO/c1-4-10-18(11-5-1)21-17-24-23(16-22(21)25-24,19-12-6-2-7-13-19)20-14-8-3-9-15-20/h1-15,21-22H,16-17H2. The molecule has 5 rings (SSSR count). The van der Waals surface area contributed by atoms with E-state index in [1.54, 1.807) is 0 Å². The highest BCUT2D eigenvalue weighted by atomic mass is 16.7. The summed E-state index contributed by atoms with van der Waals surface area (Å²) in [5.74, 6) is 0.446. The predicted molar refractivity (Wildman–Crippen MR) is 99.0 cm³/mol. The third-order valence-corrected chi connectivity index (χ3v) is 5.73. The molecule has 2 heteroatoms. The second-order valence-corrected chi connectivity index (χ2v) is 7.02. The summed E-state index contributed by atoms with van der Waals surface area (Å²) in [5.41, 5.74) is 3.83. The van der Waals surface area contributed by atoms with E-state index in [-0.39, 0.29) is 11.6 Å². The Balaban J connectivity index is 1.57. The molecule has 3 aromatic rings. The molecule has 25 heavy (non-hydrogen) atoms. The number of hydrogen-bond acceptors (Lipinski definition) is 2. The van der Waals surface area contributed by atoms with Crippen molar-refractivity contribution in [3.05, 3.63) is 108 Å². The SMILES string of the molecule is c1ccc(C2CN3OC2CC3(c2ccccc2)c2ccccc2)cc1. The molecule has 0 amide bonds. The number of fused-ring (bicyclic) bond motifs is 2. The Hall–Kier alpha value is -2.42. The van der Waals surface area contributed by atoms with Crippen LogP contribution in [0.5, 0.6) is 0 Å². The molecular weight excluding hydrogens is 306 g/mol. The Labute approximate surface area is 148 Å². The fourth-order valence-electron chi connectivity index (χ4n) is 4.53. The molecule has 3 aromatic carbocycles. The van der Waals surface area contributed by atoms with Crippen LogP contribution in [-0.4, -0.2) is 17.7 Å². The molecule has 2 bridgehead atoms. The second kappa shape index (κ2) is 5.83. The van der Waals surface area contributed by atoms with Gasteiger partial charge in [0, 0.05) is 18.9 Å². The van der Waals surface area contributed by atoms with Crippen molar-refractivity contribution in [2.45, 2.75) is 24.0 Å². The summed E-state index contributed by atoms with van der Waals surface area (Å²) in [4.78, 5) is 6.40. The first-order valence-electron chi connectivity index (χ1n) is 8.98. The van der Waals surface area contributed by atoms with Gasteiger partial charge in [0.15, 0.2) is 0 Å². The van der Waals surface area contributed by atoms with Gasteiger partial charge in [-0.05, 0) is 16.7 Å². The number of piperidine rings is 1. The van der Waals surface area contributed by atoms with Crippen LogP contribution in [-0.2, 0) is 10.4 Å². The van der Waals surface area contributed by atoms with Crippen LogP contribution in [0, 0.1) is 0 Å². The van der Waals surface area contributed by atoms with E-state index in [0.29, 0.717) is 5.92 Å². The van der Waals surface area contributed by atoms with Crippen molar-refractivity contribution < 1.29 is 4.84 Å². The second-order valence-electron chi connectivity index (χ2n) is 7.02. The van der Waals surface area contributed by atoms with E-state index in [1.807, 2.05) is 0 Å². The predicted octanol–water partition coefficient (Wildman–Crippen LogP) is 4.73. The Bertz CT molecular complexity index is 808. The maximum atomic E-state index is 6.40. The molecule has 124 valence electrons. The van der Waals surface area contributed by atoms with Gasteiger partial charge in [0.1, 0.15) is 0 Å². The normalized spacial score (nSPS) is 26.6. The molecule has 0 radical (unpaired) electrons. The first-order chi connectivity index (χ1) is 12.4. The van der Waals surface area contributed by atoms with Crippen LogP contribution in [0.2, 0.25) is 0 Å². The summed E-state index contributed by atoms with van der Waals surface area (Å²) < 4.78 is 0. The van der Waals surface area contributed by atoms with Gasteiger partial charge in [-0.25, -0.2) is 0 Å². The largest absolute Gasteiger partial charge is 0.294 e.